The number of nitrogens with zero attached hydrogens (tertiary/aromatic N) is 2. The van der Waals surface area contributed by atoms with Crippen LogP contribution in [0.2, 0.25) is 0 Å². The van der Waals surface area contributed by atoms with Crippen molar-refractivity contribution >= 4 is 17.1 Å². The van der Waals surface area contributed by atoms with Crippen molar-refractivity contribution in [1.82, 2.24) is 19.9 Å². The van der Waals surface area contributed by atoms with Gasteiger partial charge in [0.1, 0.15) is 5.82 Å². The SMILES string of the molecule is Cc1c(F)cc(C(=O)NC2CC2)cc1-c1cnc2c(c1)[nH]c(=O)n2C1CCOCC1. The first kappa shape index (κ1) is 19.0. The van der Waals surface area contributed by atoms with Crippen LogP contribution >= 0.6 is 0 Å². The second-order valence-corrected chi connectivity index (χ2v) is 8.12. The van der Waals surface area contributed by atoms with Crippen LogP contribution in [0.1, 0.15) is 47.6 Å². The van der Waals surface area contributed by atoms with Gasteiger partial charge in [0, 0.05) is 42.6 Å². The van der Waals surface area contributed by atoms with Crippen molar-refractivity contribution in [3.8, 4) is 11.1 Å². The summed E-state index contributed by atoms with van der Waals surface area (Å²) in [6.07, 6.45) is 5.09. The molecule has 156 valence electrons. The summed E-state index contributed by atoms with van der Waals surface area (Å²) in [5.74, 6) is -0.715. The molecule has 2 aliphatic rings. The molecule has 2 aromatic heterocycles. The number of hydrogen-bond acceptors (Lipinski definition) is 4. The van der Waals surface area contributed by atoms with E-state index in [1.807, 2.05) is 0 Å². The summed E-state index contributed by atoms with van der Waals surface area (Å²) >= 11 is 0. The van der Waals surface area contributed by atoms with Crippen molar-refractivity contribution < 1.29 is 13.9 Å². The molecule has 0 radical (unpaired) electrons. The molecule has 8 heteroatoms. The number of pyridine rings is 1. The minimum atomic E-state index is -0.443. The Morgan fingerprint density at radius 2 is 2.00 bits per heavy atom. The molecule has 1 saturated heterocycles. The number of halogens is 1. The smallest absolute Gasteiger partial charge is 0.327 e. The summed E-state index contributed by atoms with van der Waals surface area (Å²) in [7, 11) is 0. The average molecular weight is 410 g/mol. The first-order valence-corrected chi connectivity index (χ1v) is 10.3. The van der Waals surface area contributed by atoms with Crippen LogP contribution in [0.25, 0.3) is 22.3 Å². The molecule has 1 aromatic carbocycles. The fourth-order valence-corrected chi connectivity index (χ4v) is 4.05. The number of nitrogens with one attached hydrogen (secondary N) is 2. The van der Waals surface area contributed by atoms with Crippen molar-refractivity contribution in [2.45, 2.75) is 44.7 Å². The van der Waals surface area contributed by atoms with Crippen molar-refractivity contribution in [3.63, 3.8) is 0 Å². The summed E-state index contributed by atoms with van der Waals surface area (Å²) in [6, 6.07) is 4.99. The van der Waals surface area contributed by atoms with E-state index in [0.717, 1.165) is 25.7 Å². The molecule has 3 heterocycles. The standard InChI is InChI=1S/C22H23FN4O3/c1-12-17(8-13(9-18(12)23)21(28)25-15-2-3-15)14-10-19-20(24-11-14)27(22(29)26-19)16-4-6-30-7-5-16/h8-11,15-16H,2-7H2,1H3,(H,25,28)(H,26,29). The minimum absolute atomic E-state index is 0.0481. The van der Waals surface area contributed by atoms with Gasteiger partial charge in [0.25, 0.3) is 5.91 Å². The number of fused-ring (bicyclic) bond motifs is 1. The lowest BCUT2D eigenvalue weighted by Gasteiger charge is -2.22. The van der Waals surface area contributed by atoms with E-state index in [-0.39, 0.29) is 29.2 Å². The maximum Gasteiger partial charge on any atom is 0.327 e. The number of ether oxygens (including phenoxy) is 1. The molecular weight excluding hydrogens is 387 g/mol. The van der Waals surface area contributed by atoms with Crippen LogP contribution in [0.15, 0.2) is 29.2 Å². The van der Waals surface area contributed by atoms with Gasteiger partial charge in [0.2, 0.25) is 0 Å². The third-order valence-electron chi connectivity index (χ3n) is 5.94. The topological polar surface area (TPSA) is 89.0 Å². The number of hydrogen-bond donors (Lipinski definition) is 2. The molecule has 0 bridgehead atoms. The lowest BCUT2D eigenvalue weighted by atomic mass is 9.98. The number of amides is 1. The minimum Gasteiger partial charge on any atom is -0.381 e. The highest BCUT2D eigenvalue weighted by molar-refractivity contribution is 5.96. The predicted octanol–water partition coefficient (Wildman–Crippen LogP) is 3.08. The van der Waals surface area contributed by atoms with Crippen LogP contribution in [-0.4, -0.2) is 39.7 Å². The molecule has 2 fully saturated rings. The van der Waals surface area contributed by atoms with Gasteiger partial charge in [-0.3, -0.25) is 9.36 Å². The molecule has 1 aliphatic heterocycles. The summed E-state index contributed by atoms with van der Waals surface area (Å²) in [4.78, 5) is 32.4. The van der Waals surface area contributed by atoms with Gasteiger partial charge in [-0.15, -0.1) is 0 Å². The largest absolute Gasteiger partial charge is 0.381 e. The Morgan fingerprint density at radius 3 is 2.73 bits per heavy atom. The Morgan fingerprint density at radius 1 is 1.23 bits per heavy atom. The van der Waals surface area contributed by atoms with E-state index in [1.165, 1.54) is 6.07 Å². The van der Waals surface area contributed by atoms with Crippen molar-refractivity contribution in [2.24, 2.45) is 0 Å². The monoisotopic (exact) mass is 410 g/mol. The van der Waals surface area contributed by atoms with Gasteiger partial charge in [-0.2, -0.15) is 0 Å². The van der Waals surface area contributed by atoms with E-state index in [4.69, 9.17) is 4.74 Å². The van der Waals surface area contributed by atoms with Crippen LogP contribution in [0.5, 0.6) is 0 Å². The number of carbonyl (C=O) groups is 1. The van der Waals surface area contributed by atoms with Gasteiger partial charge in [-0.1, -0.05) is 0 Å². The molecule has 0 atom stereocenters. The molecule has 1 aliphatic carbocycles. The van der Waals surface area contributed by atoms with Gasteiger partial charge >= 0.3 is 5.69 Å². The molecule has 7 nitrogen and oxygen atoms in total. The third kappa shape index (κ3) is 3.41. The lowest BCUT2D eigenvalue weighted by molar-refractivity contribution is 0.0697. The fraction of sp³-hybridized carbons (Fsp3) is 0.409. The van der Waals surface area contributed by atoms with Crippen LogP contribution in [-0.2, 0) is 4.74 Å². The van der Waals surface area contributed by atoms with E-state index < -0.39 is 5.82 Å². The van der Waals surface area contributed by atoms with Crippen molar-refractivity contribution in [1.29, 1.82) is 0 Å². The molecular formula is C22H23FN4O3. The van der Waals surface area contributed by atoms with Crippen molar-refractivity contribution in [3.05, 3.63) is 51.8 Å². The van der Waals surface area contributed by atoms with Gasteiger partial charge in [-0.25, -0.2) is 14.2 Å². The van der Waals surface area contributed by atoms with Gasteiger partial charge in [0.15, 0.2) is 5.65 Å². The quantitative estimate of drug-likeness (QED) is 0.692. The summed E-state index contributed by atoms with van der Waals surface area (Å²) in [5.41, 5.74) is 2.93. The number of aromatic nitrogens is 3. The summed E-state index contributed by atoms with van der Waals surface area (Å²) in [5, 5.41) is 2.89. The van der Waals surface area contributed by atoms with Crippen LogP contribution < -0.4 is 11.0 Å². The molecule has 1 saturated carbocycles. The molecule has 1 amide bonds. The molecule has 3 aromatic rings. The zero-order valence-corrected chi connectivity index (χ0v) is 16.7. The molecule has 30 heavy (non-hydrogen) atoms. The number of H-pyrrole nitrogens is 1. The first-order valence-electron chi connectivity index (χ1n) is 10.3. The number of imidazole rings is 1. The highest BCUT2D eigenvalue weighted by Crippen LogP contribution is 2.30. The van der Waals surface area contributed by atoms with Crippen molar-refractivity contribution in [2.75, 3.05) is 13.2 Å². The maximum absolute atomic E-state index is 14.6. The normalized spacial score (nSPS) is 17.4. The van der Waals surface area contributed by atoms with E-state index in [0.29, 0.717) is 41.1 Å². The Bertz CT molecular complexity index is 1190. The zero-order valence-electron chi connectivity index (χ0n) is 16.7. The number of aromatic amines is 1. The Hall–Kier alpha value is -3.00. The summed E-state index contributed by atoms with van der Waals surface area (Å²) < 4.78 is 21.7. The van der Waals surface area contributed by atoms with Crippen LogP contribution in [0, 0.1) is 12.7 Å². The number of benzene rings is 1. The van der Waals surface area contributed by atoms with Gasteiger partial charge < -0.3 is 15.0 Å². The zero-order chi connectivity index (χ0) is 20.8. The van der Waals surface area contributed by atoms with Crippen LogP contribution in [0.3, 0.4) is 0 Å². The first-order chi connectivity index (χ1) is 14.5. The number of carbonyl (C=O) groups excluding carboxylic acids is 1. The van der Waals surface area contributed by atoms with E-state index in [1.54, 1.807) is 29.8 Å². The number of rotatable bonds is 4. The average Bonchev–Trinajstić information content (AvgIpc) is 3.49. The second-order valence-electron chi connectivity index (χ2n) is 8.12. The van der Waals surface area contributed by atoms with E-state index >= 15 is 0 Å². The second kappa shape index (κ2) is 7.36. The third-order valence-corrected chi connectivity index (χ3v) is 5.94. The highest BCUT2D eigenvalue weighted by atomic mass is 19.1. The van der Waals surface area contributed by atoms with E-state index in [9.17, 15) is 14.0 Å². The molecule has 5 rings (SSSR count). The fourth-order valence-electron chi connectivity index (χ4n) is 4.05. The highest BCUT2D eigenvalue weighted by Gasteiger charge is 2.25. The summed E-state index contributed by atoms with van der Waals surface area (Å²) in [6.45, 7) is 2.92. The molecule has 0 unspecified atom stereocenters. The maximum atomic E-state index is 14.6. The molecule has 0 spiro atoms. The van der Waals surface area contributed by atoms with Gasteiger partial charge in [-0.05, 0) is 61.9 Å². The Kier molecular flexibility index (Phi) is 4.66. The Labute approximate surface area is 172 Å². The van der Waals surface area contributed by atoms with Crippen LogP contribution in [0.4, 0.5) is 4.39 Å². The predicted molar refractivity (Wildman–Crippen MR) is 110 cm³/mol. The molecule has 2 N–H and O–H groups in total. The lowest BCUT2D eigenvalue weighted by Crippen LogP contribution is -2.27. The Balaban J connectivity index is 1.55. The van der Waals surface area contributed by atoms with Gasteiger partial charge in [0.05, 0.1) is 5.52 Å². The van der Waals surface area contributed by atoms with E-state index in [2.05, 4.69) is 15.3 Å².